The Morgan fingerprint density at radius 3 is 1.16 bits per heavy atom. The van der Waals surface area contributed by atoms with Crippen LogP contribution in [0.2, 0.25) is 0 Å². The molecule has 3 aromatic heterocycles. The quantitative estimate of drug-likeness (QED) is 0.104. The molecular formula is C66H66N6O2. The summed E-state index contributed by atoms with van der Waals surface area (Å²) in [6.07, 6.45) is 8.20. The standard InChI is InChI=1S/C66H66N6O2/c1-63(2,3)45-35-43(36-46(39-45)64(4,5)6)61-57-31-27-53(67-57)51(25-19-41-15-21-49(22-16-41)71(13)14)54-28-32-58(68-54)62(44-37-47(65(7,8)9)40-48(38-44)66(10,11)12)60-34-30-56(70-60)52(55-29-33-59(61)69-55)26-20-42-17-23-50(24-18-42)72(73)74/h15-18,21-24,27-40,67-68H,1-14H3. The van der Waals surface area contributed by atoms with E-state index >= 15 is 0 Å². The van der Waals surface area contributed by atoms with Crippen LogP contribution in [0.4, 0.5) is 11.4 Å². The Morgan fingerprint density at radius 1 is 0.446 bits per heavy atom. The molecule has 0 radical (unpaired) electrons. The van der Waals surface area contributed by atoms with Gasteiger partial charge in [0.25, 0.3) is 5.69 Å². The molecule has 372 valence electrons. The van der Waals surface area contributed by atoms with E-state index in [0.717, 1.165) is 72.5 Å². The van der Waals surface area contributed by atoms with Crippen LogP contribution in [0.25, 0.3) is 68.6 Å². The number of anilines is 1. The second-order valence-corrected chi connectivity index (χ2v) is 23.8. The summed E-state index contributed by atoms with van der Waals surface area (Å²) < 4.78 is 0. The van der Waals surface area contributed by atoms with E-state index in [9.17, 15) is 10.1 Å². The van der Waals surface area contributed by atoms with Gasteiger partial charge in [0.15, 0.2) is 0 Å². The number of hydrogen-bond donors (Lipinski definition) is 2. The first-order valence-electron chi connectivity index (χ1n) is 25.4. The Hall–Kier alpha value is -8.20. The summed E-state index contributed by atoms with van der Waals surface area (Å²) in [5.74, 6) is 13.9. The second kappa shape index (κ2) is 19.0. The van der Waals surface area contributed by atoms with E-state index in [2.05, 4.69) is 219 Å². The van der Waals surface area contributed by atoms with Gasteiger partial charge in [0, 0.05) is 65.2 Å². The lowest BCUT2D eigenvalue weighted by atomic mass is 9.78. The van der Waals surface area contributed by atoms with Crippen molar-refractivity contribution >= 4 is 57.7 Å². The highest BCUT2D eigenvalue weighted by Crippen LogP contribution is 2.40. The molecule has 0 unspecified atom stereocenters. The van der Waals surface area contributed by atoms with Gasteiger partial charge in [-0.05, 0) is 140 Å². The number of nitro benzene ring substituents is 1. The van der Waals surface area contributed by atoms with Gasteiger partial charge in [-0.15, -0.1) is 0 Å². The average Bonchev–Trinajstić information content (AvgIpc) is 4.19. The summed E-state index contributed by atoms with van der Waals surface area (Å²) in [4.78, 5) is 32.0. The van der Waals surface area contributed by atoms with Crippen LogP contribution in [0.5, 0.6) is 0 Å². The second-order valence-electron chi connectivity index (χ2n) is 23.8. The first-order valence-corrected chi connectivity index (χ1v) is 25.4. The molecule has 9 rings (SSSR count). The van der Waals surface area contributed by atoms with Crippen molar-refractivity contribution in [1.29, 1.82) is 0 Å². The molecule has 5 heterocycles. The highest BCUT2D eigenvalue weighted by atomic mass is 16.6. The van der Waals surface area contributed by atoms with Crippen LogP contribution in [0.3, 0.4) is 0 Å². The molecule has 2 aliphatic heterocycles. The number of aromatic amines is 2. The first kappa shape index (κ1) is 50.7. The van der Waals surface area contributed by atoms with Crippen molar-refractivity contribution in [3.8, 4) is 45.9 Å². The molecule has 2 N–H and O–H groups in total. The third kappa shape index (κ3) is 10.6. The number of nitrogens with zero attached hydrogens (tertiary/aromatic N) is 4. The summed E-state index contributed by atoms with van der Waals surface area (Å²) in [6.45, 7) is 27.1. The lowest BCUT2D eigenvalue weighted by molar-refractivity contribution is -0.384. The number of aromatic nitrogens is 4. The summed E-state index contributed by atoms with van der Waals surface area (Å²) in [7, 11) is 4.08. The van der Waals surface area contributed by atoms with Gasteiger partial charge in [-0.3, -0.25) is 10.1 Å². The molecule has 8 heteroatoms. The molecule has 7 aromatic rings. The molecule has 0 saturated heterocycles. The Kier molecular flexibility index (Phi) is 13.0. The van der Waals surface area contributed by atoms with Crippen LogP contribution in [-0.4, -0.2) is 39.0 Å². The smallest absolute Gasteiger partial charge is 0.269 e. The minimum atomic E-state index is -0.401. The zero-order valence-electron chi connectivity index (χ0n) is 45.3. The van der Waals surface area contributed by atoms with Gasteiger partial charge in [-0.25, -0.2) is 9.97 Å². The zero-order valence-corrected chi connectivity index (χ0v) is 45.3. The highest BCUT2D eigenvalue weighted by Gasteiger charge is 2.26. The molecular weight excluding hydrogens is 909 g/mol. The predicted molar refractivity (Wildman–Crippen MR) is 310 cm³/mol. The van der Waals surface area contributed by atoms with Crippen molar-refractivity contribution in [2.24, 2.45) is 0 Å². The Morgan fingerprint density at radius 2 is 0.797 bits per heavy atom. The van der Waals surface area contributed by atoms with Gasteiger partial charge in [0.2, 0.25) is 0 Å². The van der Waals surface area contributed by atoms with Crippen molar-refractivity contribution in [3.63, 3.8) is 0 Å². The lowest BCUT2D eigenvalue weighted by Crippen LogP contribution is -2.16. The van der Waals surface area contributed by atoms with Crippen LogP contribution in [0, 0.1) is 33.8 Å². The summed E-state index contributed by atoms with van der Waals surface area (Å²) >= 11 is 0. The summed E-state index contributed by atoms with van der Waals surface area (Å²) in [5.41, 5.74) is 18.7. The number of rotatable bonds is 4. The fourth-order valence-electron chi connectivity index (χ4n) is 9.13. The molecule has 2 aliphatic rings. The first-order chi connectivity index (χ1) is 34.8. The van der Waals surface area contributed by atoms with Gasteiger partial charge < -0.3 is 14.9 Å². The SMILES string of the molecule is CN(C)c1ccc(C#Cc2c3ccc([nH]3)c(-c3cc(C(C)(C)C)cc(C(C)(C)C)c3)c3nc(c(C#Cc4ccc([N+](=O)[O-])cc4)c4nc(c(-c5cc(C(C)(C)C)cc(C(C)(C)C)c5)c5ccc2[nH]5)C=C4)C=C3)cc1. The van der Waals surface area contributed by atoms with Crippen molar-refractivity contribution in [1.82, 2.24) is 19.9 Å². The minimum Gasteiger partial charge on any atom is -0.378 e. The maximum Gasteiger partial charge on any atom is 0.269 e. The number of non-ortho nitro benzene ring substituents is 1. The van der Waals surface area contributed by atoms with Gasteiger partial charge in [-0.2, -0.15) is 0 Å². The molecule has 8 bridgehead atoms. The van der Waals surface area contributed by atoms with Crippen molar-refractivity contribution in [2.75, 3.05) is 19.0 Å². The minimum absolute atomic E-state index is 0.00523. The van der Waals surface area contributed by atoms with E-state index in [-0.39, 0.29) is 27.3 Å². The fourth-order valence-corrected chi connectivity index (χ4v) is 9.13. The monoisotopic (exact) mass is 975 g/mol. The fraction of sp³-hybridized carbons (Fsp3) is 0.273. The Bertz CT molecular complexity index is 3510. The molecule has 0 aliphatic carbocycles. The normalized spacial score (nSPS) is 12.5. The van der Waals surface area contributed by atoms with E-state index in [0.29, 0.717) is 22.5 Å². The van der Waals surface area contributed by atoms with Crippen LogP contribution < -0.4 is 4.90 Å². The lowest BCUT2D eigenvalue weighted by Gasteiger charge is -2.26. The van der Waals surface area contributed by atoms with Crippen LogP contribution in [0.1, 0.15) is 150 Å². The predicted octanol–water partition coefficient (Wildman–Crippen LogP) is 16.0. The van der Waals surface area contributed by atoms with E-state index in [1.807, 2.05) is 26.2 Å². The van der Waals surface area contributed by atoms with E-state index in [1.165, 1.54) is 34.4 Å². The number of nitro groups is 1. The number of benzene rings is 4. The maximum absolute atomic E-state index is 11.6. The number of H-pyrrole nitrogens is 2. The van der Waals surface area contributed by atoms with Crippen LogP contribution in [0.15, 0.2) is 109 Å². The Labute approximate surface area is 436 Å². The highest BCUT2D eigenvalue weighted by molar-refractivity contribution is 5.96. The number of hydrogen-bond acceptors (Lipinski definition) is 5. The number of nitrogens with one attached hydrogen (secondary N) is 2. The van der Waals surface area contributed by atoms with Crippen LogP contribution >= 0.6 is 0 Å². The topological polar surface area (TPSA) is 104 Å². The van der Waals surface area contributed by atoms with Gasteiger partial charge in [0.05, 0.1) is 49.9 Å². The molecule has 0 spiro atoms. The third-order valence-corrected chi connectivity index (χ3v) is 13.8. The molecule has 0 saturated carbocycles. The molecule has 0 atom stereocenters. The average molecular weight is 975 g/mol. The summed E-state index contributed by atoms with van der Waals surface area (Å²) in [6, 6.07) is 37.1. The van der Waals surface area contributed by atoms with E-state index in [1.54, 1.807) is 12.1 Å². The third-order valence-electron chi connectivity index (χ3n) is 13.8. The van der Waals surface area contributed by atoms with Crippen molar-refractivity contribution in [2.45, 2.75) is 105 Å². The van der Waals surface area contributed by atoms with Crippen LogP contribution in [-0.2, 0) is 21.7 Å². The molecule has 0 fully saturated rings. The molecule has 0 amide bonds. The van der Waals surface area contributed by atoms with Gasteiger partial charge in [0.1, 0.15) is 0 Å². The van der Waals surface area contributed by atoms with Crippen molar-refractivity contribution in [3.05, 3.63) is 187 Å². The van der Waals surface area contributed by atoms with Gasteiger partial charge >= 0.3 is 0 Å². The molecule has 4 aromatic carbocycles. The zero-order chi connectivity index (χ0) is 53.1. The van der Waals surface area contributed by atoms with Gasteiger partial charge in [-0.1, -0.05) is 143 Å². The van der Waals surface area contributed by atoms with E-state index < -0.39 is 4.92 Å². The van der Waals surface area contributed by atoms with Crippen molar-refractivity contribution < 1.29 is 4.92 Å². The van der Waals surface area contributed by atoms with E-state index in [4.69, 9.17) is 9.97 Å². The largest absolute Gasteiger partial charge is 0.378 e. The Balaban J connectivity index is 1.45. The molecule has 8 nitrogen and oxygen atoms in total. The maximum atomic E-state index is 11.6. The number of fused-ring (bicyclic) bond motifs is 8. The summed E-state index contributed by atoms with van der Waals surface area (Å²) in [5, 5.41) is 11.6. The molecule has 74 heavy (non-hydrogen) atoms.